The number of H-pyrrole nitrogens is 1. The predicted molar refractivity (Wildman–Crippen MR) is 119 cm³/mol. The van der Waals surface area contributed by atoms with Crippen molar-refractivity contribution in [3.05, 3.63) is 82.4 Å². The summed E-state index contributed by atoms with van der Waals surface area (Å²) in [5.74, 6) is -0.467. The second kappa shape index (κ2) is 9.38. The van der Waals surface area contributed by atoms with E-state index in [0.29, 0.717) is 16.0 Å². The van der Waals surface area contributed by atoms with E-state index in [0.717, 1.165) is 11.3 Å². The van der Waals surface area contributed by atoms with Crippen LogP contribution in [0.4, 0.5) is 0 Å². The molecule has 1 aromatic heterocycles. The number of nitrogens with one attached hydrogen (secondary N) is 3. The second-order valence-corrected chi connectivity index (χ2v) is 9.27. The molecular formula is C21H24N4O3S2. The highest BCUT2D eigenvalue weighted by atomic mass is 32.2. The minimum Gasteiger partial charge on any atom is -0.347 e. The molecule has 30 heavy (non-hydrogen) atoms. The summed E-state index contributed by atoms with van der Waals surface area (Å²) in [5.41, 5.74) is 2.53. The van der Waals surface area contributed by atoms with Crippen LogP contribution in [0.15, 0.2) is 60.8 Å². The maximum absolute atomic E-state index is 12.8. The predicted octanol–water partition coefficient (Wildman–Crippen LogP) is 3.29. The van der Waals surface area contributed by atoms with Crippen molar-refractivity contribution in [2.24, 2.45) is 0 Å². The van der Waals surface area contributed by atoms with E-state index in [1.54, 1.807) is 42.8 Å². The molecule has 158 valence electrons. The van der Waals surface area contributed by atoms with Gasteiger partial charge in [-0.2, -0.15) is 0 Å². The van der Waals surface area contributed by atoms with E-state index in [2.05, 4.69) is 15.0 Å². The number of para-hydroxylation sites is 1. The van der Waals surface area contributed by atoms with Gasteiger partial charge in [0.15, 0.2) is 4.77 Å². The third kappa shape index (κ3) is 5.44. The molecule has 3 rings (SSSR count). The lowest BCUT2D eigenvalue weighted by Gasteiger charge is -2.14. The van der Waals surface area contributed by atoms with E-state index in [1.807, 2.05) is 36.4 Å². The van der Waals surface area contributed by atoms with Crippen LogP contribution in [0.2, 0.25) is 0 Å². The number of carbonyl (C=O) groups is 1. The van der Waals surface area contributed by atoms with Gasteiger partial charge in [-0.1, -0.05) is 42.5 Å². The molecule has 0 saturated carbocycles. The summed E-state index contributed by atoms with van der Waals surface area (Å²) in [6, 6.07) is 16.3. The van der Waals surface area contributed by atoms with Crippen LogP contribution >= 0.6 is 12.2 Å². The quantitative estimate of drug-likeness (QED) is 0.465. The molecule has 0 radical (unpaired) electrons. The van der Waals surface area contributed by atoms with Gasteiger partial charge in [0.1, 0.15) is 5.69 Å². The maximum atomic E-state index is 12.8. The number of amides is 1. The molecule has 1 amide bonds. The minimum atomic E-state index is -3.47. The molecule has 9 heteroatoms. The third-order valence-electron chi connectivity index (χ3n) is 4.34. The van der Waals surface area contributed by atoms with Gasteiger partial charge in [-0.05, 0) is 49.3 Å². The molecular weight excluding hydrogens is 420 g/mol. The molecule has 0 unspecified atom stereocenters. The number of nitrogens with zero attached hydrogens (tertiary/aromatic N) is 1. The molecule has 0 atom stereocenters. The number of hydrogen-bond donors (Lipinski definition) is 3. The highest BCUT2D eigenvalue weighted by Gasteiger charge is 2.17. The highest BCUT2D eigenvalue weighted by molar-refractivity contribution is 7.88. The average Bonchev–Trinajstić information content (AvgIpc) is 3.08. The van der Waals surface area contributed by atoms with Crippen molar-refractivity contribution in [3.63, 3.8) is 0 Å². The number of hydrogen-bond acceptors (Lipinski definition) is 4. The first-order valence-electron chi connectivity index (χ1n) is 9.47. The standard InChI is InChI=1S/C21H24N4O3S2/c1-15(2)24-30(27,28)14-17-9-7-6-8-16(17)12-22-20(26)19-13-23-21(29)25(19)18-10-4-3-5-11-18/h3-11,13,15,24H,12,14H2,1-2H3,(H,22,26)(H,23,29). The molecule has 0 fully saturated rings. The smallest absolute Gasteiger partial charge is 0.270 e. The molecule has 0 spiro atoms. The number of aromatic amines is 1. The van der Waals surface area contributed by atoms with E-state index in [1.165, 1.54) is 0 Å². The van der Waals surface area contributed by atoms with Gasteiger partial charge in [-0.15, -0.1) is 0 Å². The number of carbonyl (C=O) groups excluding carboxylic acids is 1. The Balaban J connectivity index is 1.78. The zero-order valence-electron chi connectivity index (χ0n) is 16.8. The van der Waals surface area contributed by atoms with Gasteiger partial charge in [0.2, 0.25) is 10.0 Å². The maximum Gasteiger partial charge on any atom is 0.270 e. The zero-order valence-corrected chi connectivity index (χ0v) is 18.4. The molecule has 7 nitrogen and oxygen atoms in total. The van der Waals surface area contributed by atoms with Crippen LogP contribution in [-0.4, -0.2) is 29.9 Å². The van der Waals surface area contributed by atoms with Crippen LogP contribution in [0.3, 0.4) is 0 Å². The summed E-state index contributed by atoms with van der Waals surface area (Å²) in [7, 11) is -3.47. The van der Waals surface area contributed by atoms with Crippen molar-refractivity contribution in [2.45, 2.75) is 32.2 Å². The van der Waals surface area contributed by atoms with Crippen LogP contribution < -0.4 is 10.0 Å². The summed E-state index contributed by atoms with van der Waals surface area (Å²) in [5, 5.41) is 2.86. The van der Waals surface area contributed by atoms with Gasteiger partial charge in [-0.25, -0.2) is 13.1 Å². The van der Waals surface area contributed by atoms with Gasteiger partial charge in [0.25, 0.3) is 5.91 Å². The minimum absolute atomic E-state index is 0.151. The first-order chi connectivity index (χ1) is 14.3. The van der Waals surface area contributed by atoms with E-state index < -0.39 is 10.0 Å². The number of aromatic nitrogens is 2. The number of benzene rings is 2. The van der Waals surface area contributed by atoms with Crippen LogP contribution in [0, 0.1) is 4.77 Å². The Kier molecular flexibility index (Phi) is 6.86. The van der Waals surface area contributed by atoms with Crippen molar-refractivity contribution >= 4 is 28.1 Å². The van der Waals surface area contributed by atoms with Crippen molar-refractivity contribution < 1.29 is 13.2 Å². The summed E-state index contributed by atoms with van der Waals surface area (Å²) in [4.78, 5) is 15.7. The molecule has 0 aliphatic heterocycles. The third-order valence-corrected chi connectivity index (χ3v) is 6.16. The fourth-order valence-electron chi connectivity index (χ4n) is 3.11. The van der Waals surface area contributed by atoms with Crippen LogP contribution in [0.25, 0.3) is 5.69 Å². The molecule has 0 aliphatic carbocycles. The summed E-state index contributed by atoms with van der Waals surface area (Å²) in [6.07, 6.45) is 1.56. The Labute approximate surface area is 181 Å². The van der Waals surface area contributed by atoms with Crippen LogP contribution in [0.5, 0.6) is 0 Å². The Morgan fingerprint density at radius 3 is 2.37 bits per heavy atom. The molecule has 3 N–H and O–H groups in total. The normalized spacial score (nSPS) is 11.6. The first kappa shape index (κ1) is 21.9. The van der Waals surface area contributed by atoms with Gasteiger partial charge >= 0.3 is 0 Å². The van der Waals surface area contributed by atoms with E-state index in [-0.39, 0.29) is 24.2 Å². The SMILES string of the molecule is CC(C)NS(=O)(=O)Cc1ccccc1CNC(=O)c1c[nH]c(=S)n1-c1ccccc1. The monoisotopic (exact) mass is 444 g/mol. The number of imidazole rings is 1. The van der Waals surface area contributed by atoms with Gasteiger partial charge in [0, 0.05) is 24.5 Å². The number of sulfonamides is 1. The van der Waals surface area contributed by atoms with Crippen LogP contribution in [-0.2, 0) is 22.3 Å². The zero-order chi connectivity index (χ0) is 21.7. The lowest BCUT2D eigenvalue weighted by atomic mass is 10.1. The first-order valence-corrected chi connectivity index (χ1v) is 11.5. The molecule has 0 aliphatic rings. The van der Waals surface area contributed by atoms with Gasteiger partial charge in [0.05, 0.1) is 5.75 Å². The Morgan fingerprint density at radius 1 is 1.07 bits per heavy atom. The Morgan fingerprint density at radius 2 is 1.70 bits per heavy atom. The summed E-state index contributed by atoms with van der Waals surface area (Å²) in [6.45, 7) is 3.74. The Bertz CT molecular complexity index is 1180. The molecule has 1 heterocycles. The molecule has 0 saturated heterocycles. The Hall–Kier alpha value is -2.75. The highest BCUT2D eigenvalue weighted by Crippen LogP contribution is 2.15. The number of rotatable bonds is 8. The largest absolute Gasteiger partial charge is 0.347 e. The lowest BCUT2D eigenvalue weighted by Crippen LogP contribution is -2.32. The molecule has 0 bridgehead atoms. The summed E-state index contributed by atoms with van der Waals surface area (Å²) < 4.78 is 29.3. The molecule has 2 aromatic carbocycles. The van der Waals surface area contributed by atoms with E-state index >= 15 is 0 Å². The fraction of sp³-hybridized carbons (Fsp3) is 0.238. The van der Waals surface area contributed by atoms with E-state index in [4.69, 9.17) is 12.2 Å². The van der Waals surface area contributed by atoms with E-state index in [9.17, 15) is 13.2 Å². The average molecular weight is 445 g/mol. The van der Waals surface area contributed by atoms with Gasteiger partial charge < -0.3 is 10.3 Å². The van der Waals surface area contributed by atoms with Crippen molar-refractivity contribution in [1.29, 1.82) is 0 Å². The van der Waals surface area contributed by atoms with Crippen molar-refractivity contribution in [2.75, 3.05) is 0 Å². The van der Waals surface area contributed by atoms with Crippen LogP contribution in [0.1, 0.15) is 35.5 Å². The molecule has 3 aromatic rings. The van der Waals surface area contributed by atoms with Crippen molar-refractivity contribution in [1.82, 2.24) is 19.6 Å². The fourth-order valence-corrected chi connectivity index (χ4v) is 4.87. The lowest BCUT2D eigenvalue weighted by molar-refractivity contribution is 0.0944. The van der Waals surface area contributed by atoms with Gasteiger partial charge in [-0.3, -0.25) is 9.36 Å². The van der Waals surface area contributed by atoms with Crippen molar-refractivity contribution in [3.8, 4) is 5.69 Å². The second-order valence-electron chi connectivity index (χ2n) is 7.13. The summed E-state index contributed by atoms with van der Waals surface area (Å²) >= 11 is 5.32. The topological polar surface area (TPSA) is 96.0 Å².